The zero-order valence-electron chi connectivity index (χ0n) is 13.9. The predicted octanol–water partition coefficient (Wildman–Crippen LogP) is 1.79. The molecule has 0 saturated carbocycles. The number of furan rings is 1. The van der Waals surface area contributed by atoms with Crippen LogP contribution in [0, 0.1) is 0 Å². The fourth-order valence-corrected chi connectivity index (χ4v) is 2.59. The van der Waals surface area contributed by atoms with Gasteiger partial charge in [0.25, 0.3) is 0 Å². The minimum absolute atomic E-state index is 0.0474. The van der Waals surface area contributed by atoms with Crippen molar-refractivity contribution in [3.63, 3.8) is 0 Å². The number of primary amides is 1. The monoisotopic (exact) mass is 354 g/mol. The number of aromatic nitrogens is 2. The number of carbonyl (C=O) groups excluding carboxylic acids is 2. The molecule has 0 aliphatic carbocycles. The highest BCUT2D eigenvalue weighted by atomic mass is 16.5. The molecule has 134 valence electrons. The van der Waals surface area contributed by atoms with Gasteiger partial charge in [0.2, 0.25) is 5.91 Å². The Morgan fingerprint density at radius 2 is 1.96 bits per heavy atom. The van der Waals surface area contributed by atoms with Crippen LogP contribution >= 0.6 is 0 Å². The Labute approximate surface area is 149 Å². The molecule has 3 N–H and O–H groups in total. The maximum absolute atomic E-state index is 12.3. The molecule has 0 bridgehead atoms. The van der Waals surface area contributed by atoms with Gasteiger partial charge < -0.3 is 20.0 Å². The van der Waals surface area contributed by atoms with Gasteiger partial charge in [-0.25, -0.2) is 0 Å². The van der Waals surface area contributed by atoms with Crippen LogP contribution in [0.1, 0.15) is 40.2 Å². The summed E-state index contributed by atoms with van der Waals surface area (Å²) in [6.45, 7) is 0.0474. The van der Waals surface area contributed by atoms with E-state index in [1.807, 2.05) is 36.4 Å². The lowest BCUT2D eigenvalue weighted by Gasteiger charge is -2.14. The van der Waals surface area contributed by atoms with Crippen molar-refractivity contribution in [2.45, 2.75) is 25.3 Å². The number of nitrogens with one attached hydrogen (secondary N) is 1. The van der Waals surface area contributed by atoms with Crippen molar-refractivity contribution in [2.75, 3.05) is 0 Å². The second-order valence-electron chi connectivity index (χ2n) is 5.76. The highest BCUT2D eigenvalue weighted by Gasteiger charge is 2.20. The van der Waals surface area contributed by atoms with Crippen LogP contribution in [-0.4, -0.2) is 22.0 Å². The van der Waals surface area contributed by atoms with E-state index in [2.05, 4.69) is 20.0 Å². The Morgan fingerprint density at radius 1 is 1.15 bits per heavy atom. The quantitative estimate of drug-likeness (QED) is 0.635. The minimum atomic E-state index is -0.809. The first-order valence-corrected chi connectivity index (χ1v) is 8.08. The van der Waals surface area contributed by atoms with Gasteiger partial charge in [0, 0.05) is 12.3 Å². The summed E-state index contributed by atoms with van der Waals surface area (Å²) in [7, 11) is 0. The molecule has 0 fully saturated rings. The lowest BCUT2D eigenvalue weighted by molar-refractivity contribution is -0.121. The Hall–Kier alpha value is -3.42. The highest BCUT2D eigenvalue weighted by Crippen LogP contribution is 2.25. The second kappa shape index (κ2) is 8.11. The summed E-state index contributed by atoms with van der Waals surface area (Å²) in [6.07, 6.45) is 2.51. The first-order valence-electron chi connectivity index (χ1n) is 8.08. The first-order chi connectivity index (χ1) is 12.6. The van der Waals surface area contributed by atoms with Crippen LogP contribution in [0.25, 0.3) is 0 Å². The maximum atomic E-state index is 12.3. The summed E-state index contributed by atoms with van der Waals surface area (Å²) in [6, 6.07) is 13.6. The summed E-state index contributed by atoms with van der Waals surface area (Å²) in [5.74, 6) is -0.446. The molecule has 1 atom stereocenters. The van der Waals surface area contributed by atoms with Crippen LogP contribution in [0.2, 0.25) is 0 Å². The van der Waals surface area contributed by atoms with Crippen molar-refractivity contribution < 1.29 is 18.5 Å². The lowest BCUT2D eigenvalue weighted by atomic mass is 9.93. The molecule has 0 spiro atoms. The molecule has 2 amide bonds. The van der Waals surface area contributed by atoms with Gasteiger partial charge in [0.15, 0.2) is 5.82 Å². The Balaban J connectivity index is 1.60. The fourth-order valence-electron chi connectivity index (χ4n) is 2.59. The van der Waals surface area contributed by atoms with E-state index in [9.17, 15) is 9.59 Å². The lowest BCUT2D eigenvalue weighted by Crippen LogP contribution is -2.25. The third kappa shape index (κ3) is 4.56. The number of rotatable bonds is 8. The smallest absolute Gasteiger partial charge is 0.315 e. The molecule has 0 saturated heterocycles. The molecule has 0 unspecified atom stereocenters. The van der Waals surface area contributed by atoms with Crippen LogP contribution in [0.3, 0.4) is 0 Å². The molecule has 3 aromatic rings. The van der Waals surface area contributed by atoms with Gasteiger partial charge >= 0.3 is 11.8 Å². The van der Waals surface area contributed by atoms with Crippen molar-refractivity contribution in [1.29, 1.82) is 0 Å². The van der Waals surface area contributed by atoms with E-state index in [0.29, 0.717) is 6.42 Å². The van der Waals surface area contributed by atoms with E-state index < -0.39 is 5.91 Å². The minimum Gasteiger partial charge on any atom is -0.469 e. The molecule has 2 aromatic heterocycles. The molecule has 0 aliphatic heterocycles. The van der Waals surface area contributed by atoms with Crippen LogP contribution < -0.4 is 11.1 Å². The number of hydrogen-bond donors (Lipinski definition) is 2. The highest BCUT2D eigenvalue weighted by molar-refractivity contribution is 5.87. The fraction of sp³-hybridized carbons (Fsp3) is 0.222. The first kappa shape index (κ1) is 17.4. The zero-order valence-corrected chi connectivity index (χ0v) is 13.9. The number of hydrogen-bond acceptors (Lipinski definition) is 6. The number of benzene rings is 1. The van der Waals surface area contributed by atoms with Gasteiger partial charge in [-0.05, 0) is 24.1 Å². The van der Waals surface area contributed by atoms with Crippen LogP contribution in [0.4, 0.5) is 0 Å². The second-order valence-corrected chi connectivity index (χ2v) is 5.76. The molecule has 2 heterocycles. The van der Waals surface area contributed by atoms with Crippen molar-refractivity contribution in [1.82, 2.24) is 15.5 Å². The van der Waals surface area contributed by atoms with E-state index in [1.54, 1.807) is 12.3 Å². The summed E-state index contributed by atoms with van der Waals surface area (Å²) in [5, 5.41) is 6.30. The van der Waals surface area contributed by atoms with Gasteiger partial charge in [-0.3, -0.25) is 9.59 Å². The maximum Gasteiger partial charge on any atom is 0.315 e. The van der Waals surface area contributed by atoms with Gasteiger partial charge in [0.1, 0.15) is 5.76 Å². The van der Waals surface area contributed by atoms with Crippen molar-refractivity contribution in [3.8, 4) is 0 Å². The summed E-state index contributed by atoms with van der Waals surface area (Å²) in [5.41, 5.74) is 6.16. The average Bonchev–Trinajstić information content (AvgIpc) is 3.32. The van der Waals surface area contributed by atoms with Crippen LogP contribution in [0.15, 0.2) is 57.7 Å². The molecular formula is C18H18N4O4. The van der Waals surface area contributed by atoms with Gasteiger partial charge in [0.05, 0.1) is 12.8 Å². The average molecular weight is 354 g/mol. The number of amides is 2. The van der Waals surface area contributed by atoms with Gasteiger partial charge in [-0.2, -0.15) is 4.98 Å². The van der Waals surface area contributed by atoms with E-state index in [0.717, 1.165) is 11.3 Å². The van der Waals surface area contributed by atoms with E-state index >= 15 is 0 Å². The van der Waals surface area contributed by atoms with Crippen molar-refractivity contribution in [2.24, 2.45) is 5.73 Å². The Kier molecular flexibility index (Phi) is 5.43. The predicted molar refractivity (Wildman–Crippen MR) is 90.9 cm³/mol. The Morgan fingerprint density at radius 3 is 2.62 bits per heavy atom. The van der Waals surface area contributed by atoms with E-state index in [1.165, 1.54) is 0 Å². The van der Waals surface area contributed by atoms with Crippen molar-refractivity contribution >= 4 is 11.8 Å². The molecule has 3 rings (SSSR count). The third-order valence-electron chi connectivity index (χ3n) is 3.82. The Bertz CT molecular complexity index is 858. The molecule has 8 nitrogen and oxygen atoms in total. The van der Waals surface area contributed by atoms with E-state index in [4.69, 9.17) is 10.2 Å². The van der Waals surface area contributed by atoms with E-state index in [-0.39, 0.29) is 36.5 Å². The van der Waals surface area contributed by atoms with Crippen LogP contribution in [0.5, 0.6) is 0 Å². The molecule has 26 heavy (non-hydrogen) atoms. The number of carbonyl (C=O) groups is 2. The van der Waals surface area contributed by atoms with Gasteiger partial charge in [-0.15, -0.1) is 0 Å². The zero-order chi connectivity index (χ0) is 18.4. The molecule has 8 heteroatoms. The molecule has 1 aromatic carbocycles. The number of nitrogens with two attached hydrogens (primary N) is 1. The van der Waals surface area contributed by atoms with Crippen LogP contribution in [-0.2, 0) is 17.8 Å². The SMILES string of the molecule is NC(=O)c1nc(CNC(=O)C[C@H](Cc2ccccc2)c2ccco2)no1. The summed E-state index contributed by atoms with van der Waals surface area (Å²) in [4.78, 5) is 27.0. The van der Waals surface area contributed by atoms with Crippen molar-refractivity contribution in [3.05, 3.63) is 71.8 Å². The third-order valence-corrected chi connectivity index (χ3v) is 3.82. The molecule has 0 aliphatic rings. The summed E-state index contributed by atoms with van der Waals surface area (Å²) < 4.78 is 10.2. The topological polar surface area (TPSA) is 124 Å². The molecular weight excluding hydrogens is 336 g/mol. The largest absolute Gasteiger partial charge is 0.469 e. The van der Waals surface area contributed by atoms with Gasteiger partial charge in [-0.1, -0.05) is 35.5 Å². The number of nitrogens with zero attached hydrogens (tertiary/aromatic N) is 2. The molecule has 0 radical (unpaired) electrons. The standard InChI is InChI=1S/C18H18N4O4/c19-17(24)18-21-15(22-26-18)11-20-16(23)10-13(14-7-4-8-25-14)9-12-5-2-1-3-6-12/h1-8,13H,9-11H2,(H2,19,24)(H,20,23)/t13-/m0/s1. The normalized spacial score (nSPS) is 11.8. The summed E-state index contributed by atoms with van der Waals surface area (Å²) >= 11 is 0.